The summed E-state index contributed by atoms with van der Waals surface area (Å²) in [6.07, 6.45) is 0. The highest BCUT2D eigenvalue weighted by atomic mass is 15.1. The van der Waals surface area contributed by atoms with E-state index in [1.54, 1.807) is 0 Å². The summed E-state index contributed by atoms with van der Waals surface area (Å²) in [6, 6.07) is 53.9. The van der Waals surface area contributed by atoms with Crippen LogP contribution in [0.1, 0.15) is 128 Å². The van der Waals surface area contributed by atoms with Crippen molar-refractivity contribution in [2.45, 2.75) is 110 Å². The topological polar surface area (TPSA) is 3.24 Å². The third kappa shape index (κ3) is 5.50. The van der Waals surface area contributed by atoms with Crippen LogP contribution in [0.25, 0.3) is 44.5 Å². The van der Waals surface area contributed by atoms with Crippen LogP contribution in [-0.2, 0) is 27.1 Å². The van der Waals surface area contributed by atoms with Crippen LogP contribution in [0.15, 0.2) is 140 Å². The third-order valence-electron chi connectivity index (χ3n) is 14.6. The van der Waals surface area contributed by atoms with Gasteiger partial charge in [0, 0.05) is 33.2 Å². The van der Waals surface area contributed by atoms with Gasteiger partial charge in [-0.1, -0.05) is 186 Å². The van der Waals surface area contributed by atoms with Gasteiger partial charge < -0.3 is 4.90 Å². The average Bonchev–Trinajstić information content (AvgIpc) is 3.69. The van der Waals surface area contributed by atoms with Crippen LogP contribution in [0.2, 0.25) is 0 Å². The van der Waals surface area contributed by atoms with Gasteiger partial charge >= 0.3 is 0 Å². The Morgan fingerprint density at radius 1 is 0.367 bits per heavy atom. The van der Waals surface area contributed by atoms with Gasteiger partial charge in [0.1, 0.15) is 0 Å². The summed E-state index contributed by atoms with van der Waals surface area (Å²) in [4.78, 5) is 2.55. The lowest BCUT2D eigenvalue weighted by molar-refractivity contribution is 0.581. The van der Waals surface area contributed by atoms with Gasteiger partial charge in [0.25, 0.3) is 0 Å². The second kappa shape index (κ2) is 12.7. The maximum atomic E-state index is 2.55. The molecule has 0 saturated heterocycles. The standard InChI is InChI=1S/C59H59N/c1-55(2,3)37-27-29-42-45-34-44(49(56(4,5)6)35-52(45)59(11,12)50(42)32-37)36-19-17-20-38(31-36)60(39-28-30-41-40-21-13-15-23-46(40)58(9,10)51(41)33-39)53-26-18-25-48-54(53)43-22-14-16-24-47(43)57(48,7)8/h13-35H,1-12H3. The van der Waals surface area contributed by atoms with Crippen molar-refractivity contribution >= 4 is 17.1 Å². The van der Waals surface area contributed by atoms with Crippen LogP contribution in [0.4, 0.5) is 17.1 Å². The lowest BCUT2D eigenvalue weighted by atomic mass is 9.75. The first kappa shape index (κ1) is 38.5. The SMILES string of the molecule is CC(C)(C)c1ccc2c(c1)C(C)(C)c1cc(C(C)(C)C)c(-c3cccc(N(c4ccc5c(c4)C(C)(C)c4ccccc4-5)c4cccc5c4-c4ccccc4C5(C)C)c3)cc1-2. The molecule has 0 aliphatic heterocycles. The van der Waals surface area contributed by atoms with Crippen LogP contribution >= 0.6 is 0 Å². The third-order valence-corrected chi connectivity index (χ3v) is 14.6. The summed E-state index contributed by atoms with van der Waals surface area (Å²) in [5, 5.41) is 0. The molecule has 0 amide bonds. The zero-order valence-corrected chi connectivity index (χ0v) is 37.7. The summed E-state index contributed by atoms with van der Waals surface area (Å²) in [5.74, 6) is 0. The van der Waals surface area contributed by atoms with Crippen molar-refractivity contribution in [3.8, 4) is 44.5 Å². The van der Waals surface area contributed by atoms with Gasteiger partial charge in [-0.15, -0.1) is 0 Å². The minimum atomic E-state index is -0.119. The normalized spacial score (nSPS) is 16.1. The smallest absolute Gasteiger partial charge is 0.0543 e. The van der Waals surface area contributed by atoms with Crippen LogP contribution < -0.4 is 4.90 Å². The Morgan fingerprint density at radius 3 is 1.62 bits per heavy atom. The molecule has 0 spiro atoms. The molecule has 0 atom stereocenters. The molecule has 60 heavy (non-hydrogen) atoms. The minimum Gasteiger partial charge on any atom is -0.310 e. The molecule has 1 nitrogen and oxygen atoms in total. The van der Waals surface area contributed by atoms with E-state index in [2.05, 4.69) is 228 Å². The van der Waals surface area contributed by atoms with E-state index in [1.807, 2.05) is 0 Å². The molecule has 0 aromatic heterocycles. The van der Waals surface area contributed by atoms with Crippen molar-refractivity contribution in [3.05, 3.63) is 184 Å². The van der Waals surface area contributed by atoms with E-state index in [0.29, 0.717) is 0 Å². The number of hydrogen-bond donors (Lipinski definition) is 0. The number of hydrogen-bond acceptors (Lipinski definition) is 1. The van der Waals surface area contributed by atoms with Gasteiger partial charge in [0.2, 0.25) is 0 Å². The maximum Gasteiger partial charge on any atom is 0.0543 e. The number of benzene rings is 7. The average molecular weight is 782 g/mol. The Bertz CT molecular complexity index is 2920. The van der Waals surface area contributed by atoms with Crippen molar-refractivity contribution in [2.24, 2.45) is 0 Å². The Morgan fingerprint density at radius 2 is 0.900 bits per heavy atom. The molecular weight excluding hydrogens is 723 g/mol. The highest BCUT2D eigenvalue weighted by molar-refractivity contribution is 5.97. The summed E-state index contributed by atoms with van der Waals surface area (Å²) in [5.41, 5.74) is 25.0. The fraction of sp³-hybridized carbons (Fsp3) is 0.288. The molecular formula is C59H59N. The Kier molecular flexibility index (Phi) is 8.15. The zero-order chi connectivity index (χ0) is 42.3. The number of fused-ring (bicyclic) bond motifs is 9. The monoisotopic (exact) mass is 781 g/mol. The first-order valence-corrected chi connectivity index (χ1v) is 22.0. The molecule has 0 N–H and O–H groups in total. The van der Waals surface area contributed by atoms with E-state index >= 15 is 0 Å². The fourth-order valence-corrected chi connectivity index (χ4v) is 11.1. The second-order valence-corrected chi connectivity index (χ2v) is 21.5. The highest BCUT2D eigenvalue weighted by Gasteiger charge is 2.41. The number of anilines is 3. The Hall–Kier alpha value is -5.66. The van der Waals surface area contributed by atoms with Gasteiger partial charge in [-0.25, -0.2) is 0 Å². The molecule has 7 aromatic carbocycles. The summed E-state index contributed by atoms with van der Waals surface area (Å²) in [6.45, 7) is 28.5. The molecule has 3 aliphatic rings. The molecule has 0 fully saturated rings. The first-order chi connectivity index (χ1) is 28.3. The second-order valence-electron chi connectivity index (χ2n) is 21.5. The fourth-order valence-electron chi connectivity index (χ4n) is 11.1. The van der Waals surface area contributed by atoms with Gasteiger partial charge in [-0.2, -0.15) is 0 Å². The summed E-state index contributed by atoms with van der Waals surface area (Å²) >= 11 is 0. The largest absolute Gasteiger partial charge is 0.310 e. The molecule has 7 aromatic rings. The predicted molar refractivity (Wildman–Crippen MR) is 257 cm³/mol. The molecule has 0 radical (unpaired) electrons. The maximum absolute atomic E-state index is 2.55. The lowest BCUT2D eigenvalue weighted by Crippen LogP contribution is -2.19. The van der Waals surface area contributed by atoms with Crippen LogP contribution in [-0.4, -0.2) is 0 Å². The molecule has 0 heterocycles. The van der Waals surface area contributed by atoms with Crippen molar-refractivity contribution in [2.75, 3.05) is 4.90 Å². The van der Waals surface area contributed by atoms with E-state index in [4.69, 9.17) is 0 Å². The van der Waals surface area contributed by atoms with E-state index in [1.165, 1.54) is 100 Å². The van der Waals surface area contributed by atoms with Gasteiger partial charge in [-0.3, -0.25) is 0 Å². The highest BCUT2D eigenvalue weighted by Crippen LogP contribution is 2.57. The van der Waals surface area contributed by atoms with E-state index in [0.717, 1.165) is 5.69 Å². The summed E-state index contributed by atoms with van der Waals surface area (Å²) in [7, 11) is 0. The van der Waals surface area contributed by atoms with Crippen molar-refractivity contribution in [1.29, 1.82) is 0 Å². The van der Waals surface area contributed by atoms with E-state index < -0.39 is 0 Å². The van der Waals surface area contributed by atoms with Gasteiger partial charge in [-0.05, 0) is 131 Å². The quantitative estimate of drug-likeness (QED) is 0.172. The van der Waals surface area contributed by atoms with Gasteiger partial charge in [0.05, 0.1) is 5.69 Å². The van der Waals surface area contributed by atoms with Gasteiger partial charge in [0.15, 0.2) is 0 Å². The predicted octanol–water partition coefficient (Wildman–Crippen LogP) is 16.3. The first-order valence-electron chi connectivity index (χ1n) is 22.0. The molecule has 10 rings (SSSR count). The van der Waals surface area contributed by atoms with Crippen molar-refractivity contribution in [1.82, 2.24) is 0 Å². The molecule has 0 unspecified atom stereocenters. The van der Waals surface area contributed by atoms with Crippen LogP contribution in [0.5, 0.6) is 0 Å². The van der Waals surface area contributed by atoms with E-state index in [9.17, 15) is 0 Å². The molecule has 0 bridgehead atoms. The van der Waals surface area contributed by atoms with Crippen molar-refractivity contribution in [3.63, 3.8) is 0 Å². The Labute approximate surface area is 359 Å². The molecule has 0 saturated carbocycles. The number of rotatable bonds is 4. The molecule has 300 valence electrons. The zero-order valence-electron chi connectivity index (χ0n) is 37.7. The molecule has 3 aliphatic carbocycles. The van der Waals surface area contributed by atoms with Crippen LogP contribution in [0, 0.1) is 0 Å². The Balaban J connectivity index is 1.20. The van der Waals surface area contributed by atoms with E-state index in [-0.39, 0.29) is 27.1 Å². The van der Waals surface area contributed by atoms with Crippen molar-refractivity contribution < 1.29 is 0 Å². The van der Waals surface area contributed by atoms with Crippen LogP contribution in [0.3, 0.4) is 0 Å². The number of nitrogens with zero attached hydrogens (tertiary/aromatic N) is 1. The molecule has 1 heteroatoms. The minimum absolute atomic E-state index is 0.0718. The summed E-state index contributed by atoms with van der Waals surface area (Å²) < 4.78 is 0. The lowest BCUT2D eigenvalue weighted by Gasteiger charge is -2.31.